The number of rotatable bonds is 8. The van der Waals surface area contributed by atoms with E-state index in [1.807, 2.05) is 10.8 Å². The molecule has 0 radical (unpaired) electrons. The summed E-state index contributed by atoms with van der Waals surface area (Å²) in [4.78, 5) is 28.7. The van der Waals surface area contributed by atoms with Crippen molar-refractivity contribution >= 4 is 5.91 Å². The third-order valence-electron chi connectivity index (χ3n) is 5.08. The van der Waals surface area contributed by atoms with Crippen molar-refractivity contribution in [2.24, 2.45) is 5.92 Å². The molecule has 27 heavy (non-hydrogen) atoms. The first-order valence-electron chi connectivity index (χ1n) is 9.94. The predicted molar refractivity (Wildman–Crippen MR) is 102 cm³/mol. The second-order valence-corrected chi connectivity index (χ2v) is 7.75. The van der Waals surface area contributed by atoms with Crippen LogP contribution in [0, 0.1) is 5.92 Å². The summed E-state index contributed by atoms with van der Waals surface area (Å²) in [5, 5.41) is 7.64. The van der Waals surface area contributed by atoms with E-state index in [1.165, 1.54) is 0 Å². The van der Waals surface area contributed by atoms with Crippen molar-refractivity contribution in [1.82, 2.24) is 29.2 Å². The van der Waals surface area contributed by atoms with Gasteiger partial charge in [0.1, 0.15) is 5.82 Å². The topological polar surface area (TPSA) is 86.7 Å². The number of aromatic nitrogens is 5. The van der Waals surface area contributed by atoms with Gasteiger partial charge in [0.15, 0.2) is 0 Å². The first-order chi connectivity index (χ1) is 13.0. The van der Waals surface area contributed by atoms with Crippen LogP contribution in [0.15, 0.2) is 23.5 Å². The number of carbonyl (C=O) groups excluding carboxylic acids is 1. The molecule has 1 aliphatic rings. The fourth-order valence-electron chi connectivity index (χ4n) is 3.44. The fourth-order valence-corrected chi connectivity index (χ4v) is 3.44. The number of carbonyl (C=O) groups is 1. The van der Waals surface area contributed by atoms with Crippen LogP contribution < -0.4 is 11.0 Å². The fraction of sp³-hybridized carbons (Fsp3) is 0.684. The van der Waals surface area contributed by atoms with Crippen LogP contribution in [0.4, 0.5) is 0 Å². The minimum absolute atomic E-state index is 0.0158. The van der Waals surface area contributed by atoms with Crippen LogP contribution in [0.2, 0.25) is 0 Å². The number of hydrogen-bond donors (Lipinski definition) is 1. The monoisotopic (exact) mass is 374 g/mol. The molecule has 2 aromatic rings. The van der Waals surface area contributed by atoms with Crippen LogP contribution in [0.5, 0.6) is 0 Å². The molecule has 0 spiro atoms. The van der Waals surface area contributed by atoms with E-state index in [9.17, 15) is 9.59 Å². The van der Waals surface area contributed by atoms with Gasteiger partial charge < -0.3 is 9.88 Å². The Morgan fingerprint density at radius 1 is 1.33 bits per heavy atom. The smallest absolute Gasteiger partial charge is 0.345 e. The third-order valence-corrected chi connectivity index (χ3v) is 5.08. The molecule has 0 saturated heterocycles. The molecule has 1 atom stereocenters. The van der Waals surface area contributed by atoms with E-state index in [0.29, 0.717) is 25.4 Å². The van der Waals surface area contributed by atoms with E-state index < -0.39 is 0 Å². The first-order valence-corrected chi connectivity index (χ1v) is 9.94. The van der Waals surface area contributed by atoms with Crippen molar-refractivity contribution in [2.45, 2.75) is 78.0 Å². The SMILES string of the molecule is CC(C)CCn1nc2n(c1=O)CCC(NC(=O)CCCn1ccnc1)CC2. The molecule has 0 bridgehead atoms. The number of aryl methyl sites for hydroxylation is 3. The highest BCUT2D eigenvalue weighted by Gasteiger charge is 2.22. The van der Waals surface area contributed by atoms with Crippen LogP contribution in [0.1, 0.15) is 51.8 Å². The molecule has 3 rings (SSSR count). The molecule has 1 amide bonds. The maximum Gasteiger partial charge on any atom is 0.345 e. The maximum atomic E-state index is 12.5. The van der Waals surface area contributed by atoms with Gasteiger partial charge in [0.25, 0.3) is 0 Å². The highest BCUT2D eigenvalue weighted by Crippen LogP contribution is 2.13. The van der Waals surface area contributed by atoms with E-state index in [4.69, 9.17) is 0 Å². The highest BCUT2D eigenvalue weighted by atomic mass is 16.2. The van der Waals surface area contributed by atoms with Crippen molar-refractivity contribution in [3.05, 3.63) is 35.0 Å². The Morgan fingerprint density at radius 3 is 2.93 bits per heavy atom. The van der Waals surface area contributed by atoms with Crippen molar-refractivity contribution in [2.75, 3.05) is 0 Å². The van der Waals surface area contributed by atoms with Crippen LogP contribution >= 0.6 is 0 Å². The predicted octanol–water partition coefficient (Wildman–Crippen LogP) is 1.59. The zero-order chi connectivity index (χ0) is 19.2. The molecule has 1 N–H and O–H groups in total. The average molecular weight is 374 g/mol. The largest absolute Gasteiger partial charge is 0.353 e. The average Bonchev–Trinajstić information content (AvgIpc) is 3.19. The van der Waals surface area contributed by atoms with Crippen LogP contribution in [-0.4, -0.2) is 35.8 Å². The van der Waals surface area contributed by atoms with Gasteiger partial charge >= 0.3 is 5.69 Å². The van der Waals surface area contributed by atoms with Crippen molar-refractivity contribution in [1.29, 1.82) is 0 Å². The molecule has 0 aromatic carbocycles. The van der Waals surface area contributed by atoms with Crippen LogP contribution in [-0.2, 0) is 30.8 Å². The Balaban J connectivity index is 1.47. The Labute approximate surface area is 159 Å². The first kappa shape index (κ1) is 19.4. The lowest BCUT2D eigenvalue weighted by molar-refractivity contribution is -0.122. The summed E-state index contributed by atoms with van der Waals surface area (Å²) >= 11 is 0. The summed E-state index contributed by atoms with van der Waals surface area (Å²) in [7, 11) is 0. The van der Waals surface area contributed by atoms with Crippen molar-refractivity contribution in [3.63, 3.8) is 0 Å². The van der Waals surface area contributed by atoms with Crippen molar-refractivity contribution < 1.29 is 4.79 Å². The van der Waals surface area contributed by atoms with E-state index in [1.54, 1.807) is 21.8 Å². The zero-order valence-electron chi connectivity index (χ0n) is 16.3. The second-order valence-electron chi connectivity index (χ2n) is 7.75. The summed E-state index contributed by atoms with van der Waals surface area (Å²) in [6.07, 6.45) is 9.98. The minimum atomic E-state index is -0.0158. The Bertz CT molecular complexity index is 790. The van der Waals surface area contributed by atoms with Gasteiger partial charge in [-0.1, -0.05) is 13.8 Å². The van der Waals surface area contributed by atoms with Crippen molar-refractivity contribution in [3.8, 4) is 0 Å². The van der Waals surface area contributed by atoms with E-state index in [0.717, 1.165) is 44.5 Å². The van der Waals surface area contributed by atoms with Gasteiger partial charge in [-0.25, -0.2) is 14.5 Å². The van der Waals surface area contributed by atoms with Gasteiger partial charge in [0, 0.05) is 50.9 Å². The third kappa shape index (κ3) is 5.30. The van der Waals surface area contributed by atoms with Gasteiger partial charge in [-0.2, -0.15) is 5.10 Å². The molecular weight excluding hydrogens is 344 g/mol. The van der Waals surface area contributed by atoms with E-state index in [-0.39, 0.29) is 17.6 Å². The molecule has 8 nitrogen and oxygen atoms in total. The van der Waals surface area contributed by atoms with Gasteiger partial charge in [-0.3, -0.25) is 9.36 Å². The lowest BCUT2D eigenvalue weighted by Crippen LogP contribution is -2.35. The lowest BCUT2D eigenvalue weighted by atomic mass is 10.1. The normalized spacial score (nSPS) is 16.9. The lowest BCUT2D eigenvalue weighted by Gasteiger charge is -2.16. The molecule has 1 unspecified atom stereocenters. The van der Waals surface area contributed by atoms with Gasteiger partial charge in [-0.15, -0.1) is 0 Å². The quantitative estimate of drug-likeness (QED) is 0.760. The standard InChI is InChI=1S/C19H30N6O2/c1-15(2)7-12-25-19(27)24-11-8-16(5-6-17(24)22-25)21-18(26)4-3-10-23-13-9-20-14-23/h9,13-16H,3-8,10-12H2,1-2H3,(H,21,26). The molecular formula is C19H30N6O2. The summed E-state index contributed by atoms with van der Waals surface area (Å²) < 4.78 is 5.36. The maximum absolute atomic E-state index is 12.5. The molecule has 8 heteroatoms. The molecule has 1 aliphatic heterocycles. The van der Waals surface area contributed by atoms with Gasteiger partial charge in [0.05, 0.1) is 6.33 Å². The number of nitrogens with zero attached hydrogens (tertiary/aromatic N) is 5. The molecule has 148 valence electrons. The van der Waals surface area contributed by atoms with E-state index in [2.05, 4.69) is 29.2 Å². The number of nitrogens with one attached hydrogen (secondary N) is 1. The Morgan fingerprint density at radius 2 is 2.19 bits per heavy atom. The molecule has 3 heterocycles. The zero-order valence-corrected chi connectivity index (χ0v) is 16.3. The molecule has 0 aliphatic carbocycles. The van der Waals surface area contributed by atoms with Crippen LogP contribution in [0.25, 0.3) is 0 Å². The molecule has 0 saturated carbocycles. The summed E-state index contributed by atoms with van der Waals surface area (Å²) in [5.41, 5.74) is -0.0158. The number of fused-ring (bicyclic) bond motifs is 1. The van der Waals surface area contributed by atoms with Gasteiger partial charge in [-0.05, 0) is 31.6 Å². The van der Waals surface area contributed by atoms with E-state index >= 15 is 0 Å². The minimum Gasteiger partial charge on any atom is -0.353 e. The Hall–Kier alpha value is -2.38. The summed E-state index contributed by atoms with van der Waals surface area (Å²) in [6.45, 7) is 6.39. The summed E-state index contributed by atoms with van der Waals surface area (Å²) in [5.74, 6) is 1.47. The number of imidazole rings is 1. The van der Waals surface area contributed by atoms with Gasteiger partial charge in [0.2, 0.25) is 5.91 Å². The second kappa shape index (κ2) is 9.01. The van der Waals surface area contributed by atoms with Crippen LogP contribution in [0.3, 0.4) is 0 Å². The Kier molecular flexibility index (Phi) is 6.47. The number of hydrogen-bond acceptors (Lipinski definition) is 4. The molecule has 2 aromatic heterocycles. The highest BCUT2D eigenvalue weighted by molar-refractivity contribution is 5.76. The summed E-state index contributed by atoms with van der Waals surface area (Å²) in [6, 6.07) is 0.107. The molecule has 0 fully saturated rings. The number of amides is 1.